The second kappa shape index (κ2) is 5.65. The van der Waals surface area contributed by atoms with Crippen LogP contribution in [0.5, 0.6) is 0 Å². The van der Waals surface area contributed by atoms with Crippen LogP contribution in [0.2, 0.25) is 0 Å². The predicted octanol–water partition coefficient (Wildman–Crippen LogP) is 3.19. The SMILES string of the molecule is Nc1c(F)c(F)c(C(=O)c2c(F)c(N)c(F)c(F)c2F)c(F)c1F. The molecule has 2 rings (SSSR count). The van der Waals surface area contributed by atoms with Gasteiger partial charge in [0.1, 0.15) is 16.9 Å². The first-order chi connectivity index (χ1) is 11.0. The third-order valence-electron chi connectivity index (χ3n) is 3.05. The van der Waals surface area contributed by atoms with Gasteiger partial charge < -0.3 is 11.5 Å². The van der Waals surface area contributed by atoms with Crippen molar-refractivity contribution in [2.24, 2.45) is 0 Å². The summed E-state index contributed by atoms with van der Waals surface area (Å²) in [5, 5.41) is 0. The summed E-state index contributed by atoms with van der Waals surface area (Å²) in [5.41, 5.74) is 2.03. The number of ketones is 1. The molecule has 0 aromatic heterocycles. The average Bonchev–Trinajstić information content (AvgIpc) is 2.55. The smallest absolute Gasteiger partial charge is 0.205 e. The van der Waals surface area contributed by atoms with E-state index in [0.717, 1.165) is 0 Å². The van der Waals surface area contributed by atoms with Gasteiger partial charge in [0.2, 0.25) is 5.78 Å². The summed E-state index contributed by atoms with van der Waals surface area (Å²) in [6.07, 6.45) is 0. The van der Waals surface area contributed by atoms with Crippen LogP contribution in [0, 0.1) is 46.5 Å². The van der Waals surface area contributed by atoms with E-state index in [1.54, 1.807) is 0 Å². The lowest BCUT2D eigenvalue weighted by Crippen LogP contribution is -2.18. The number of benzene rings is 2. The molecule has 11 heteroatoms. The van der Waals surface area contributed by atoms with E-state index in [0.29, 0.717) is 0 Å². The van der Waals surface area contributed by atoms with Crippen molar-refractivity contribution >= 4 is 17.2 Å². The highest BCUT2D eigenvalue weighted by Gasteiger charge is 2.34. The molecule has 0 radical (unpaired) electrons. The van der Waals surface area contributed by atoms with Crippen molar-refractivity contribution in [3.8, 4) is 0 Å². The molecule has 128 valence electrons. The Bertz CT molecular complexity index is 767. The minimum atomic E-state index is -2.49. The summed E-state index contributed by atoms with van der Waals surface area (Å²) in [4.78, 5) is 11.9. The van der Waals surface area contributed by atoms with Gasteiger partial charge in [0.25, 0.3) is 0 Å². The molecule has 0 saturated carbocycles. The van der Waals surface area contributed by atoms with E-state index in [1.807, 2.05) is 0 Å². The zero-order valence-electron chi connectivity index (χ0n) is 11.1. The molecule has 0 unspecified atom stereocenters. The van der Waals surface area contributed by atoms with E-state index >= 15 is 0 Å². The molecule has 0 fully saturated rings. The van der Waals surface area contributed by atoms with Crippen LogP contribution in [0.25, 0.3) is 0 Å². The summed E-state index contributed by atoms with van der Waals surface area (Å²) in [7, 11) is 0. The van der Waals surface area contributed by atoms with Gasteiger partial charge in [-0.2, -0.15) is 0 Å². The molecule has 0 saturated heterocycles. The average molecular weight is 356 g/mol. The number of hydrogen-bond donors (Lipinski definition) is 2. The molecular formula is C13H4F8N2O. The monoisotopic (exact) mass is 356 g/mol. The molecule has 0 aliphatic carbocycles. The van der Waals surface area contributed by atoms with E-state index in [4.69, 9.17) is 11.5 Å². The van der Waals surface area contributed by atoms with E-state index in [9.17, 15) is 39.9 Å². The first-order valence-corrected chi connectivity index (χ1v) is 5.79. The van der Waals surface area contributed by atoms with Crippen molar-refractivity contribution < 1.29 is 39.9 Å². The Kier molecular flexibility index (Phi) is 4.12. The number of nitrogen functional groups attached to an aromatic ring is 2. The maximum absolute atomic E-state index is 13.7. The Balaban J connectivity index is 2.87. The summed E-state index contributed by atoms with van der Waals surface area (Å²) in [5.74, 6) is -20.8. The molecule has 4 N–H and O–H groups in total. The van der Waals surface area contributed by atoms with E-state index in [-0.39, 0.29) is 0 Å². The molecule has 0 spiro atoms. The van der Waals surface area contributed by atoms with Gasteiger partial charge in [0, 0.05) is 0 Å². The zero-order chi connectivity index (χ0) is 18.5. The van der Waals surface area contributed by atoms with Crippen LogP contribution >= 0.6 is 0 Å². The highest BCUT2D eigenvalue weighted by molar-refractivity contribution is 6.10. The van der Waals surface area contributed by atoms with Gasteiger partial charge in [-0.3, -0.25) is 4.79 Å². The first kappa shape index (κ1) is 17.5. The molecular weight excluding hydrogens is 352 g/mol. The number of anilines is 2. The zero-order valence-corrected chi connectivity index (χ0v) is 11.1. The number of carbonyl (C=O) groups excluding carboxylic acids is 1. The Labute approximate surface area is 127 Å². The van der Waals surface area contributed by atoms with Crippen molar-refractivity contribution in [1.29, 1.82) is 0 Å². The van der Waals surface area contributed by atoms with Gasteiger partial charge in [0.05, 0.1) is 5.56 Å². The van der Waals surface area contributed by atoms with Gasteiger partial charge in [-0.15, -0.1) is 0 Å². The third kappa shape index (κ3) is 2.23. The van der Waals surface area contributed by atoms with Gasteiger partial charge in [-0.05, 0) is 0 Å². The van der Waals surface area contributed by atoms with Gasteiger partial charge in [-0.25, -0.2) is 35.1 Å². The summed E-state index contributed by atoms with van der Waals surface area (Å²) >= 11 is 0. The Hall–Kier alpha value is -2.85. The molecule has 0 bridgehead atoms. The molecule has 2 aromatic rings. The molecule has 2 aromatic carbocycles. The van der Waals surface area contributed by atoms with Crippen LogP contribution in [0.15, 0.2) is 0 Å². The fourth-order valence-corrected chi connectivity index (χ4v) is 1.82. The first-order valence-electron chi connectivity index (χ1n) is 5.79. The summed E-state index contributed by atoms with van der Waals surface area (Å²) in [6.45, 7) is 0. The number of halogens is 8. The van der Waals surface area contributed by atoms with Crippen LogP contribution < -0.4 is 11.5 Å². The van der Waals surface area contributed by atoms with E-state index in [2.05, 4.69) is 0 Å². The minimum Gasteiger partial charge on any atom is -0.394 e. The maximum atomic E-state index is 13.7. The lowest BCUT2D eigenvalue weighted by atomic mass is 9.99. The Morgan fingerprint density at radius 2 is 0.792 bits per heavy atom. The van der Waals surface area contributed by atoms with Gasteiger partial charge in [-0.1, -0.05) is 0 Å². The van der Waals surface area contributed by atoms with Gasteiger partial charge in [0.15, 0.2) is 46.5 Å². The molecule has 0 heterocycles. The quantitative estimate of drug-likeness (QED) is 0.286. The molecule has 3 nitrogen and oxygen atoms in total. The number of nitrogens with two attached hydrogens (primary N) is 2. The van der Waals surface area contributed by atoms with E-state index < -0.39 is 74.8 Å². The molecule has 0 atom stereocenters. The highest BCUT2D eigenvalue weighted by Crippen LogP contribution is 2.32. The number of rotatable bonds is 2. The second-order valence-corrected chi connectivity index (χ2v) is 4.42. The minimum absolute atomic E-state index is 1.63. The van der Waals surface area contributed by atoms with Crippen molar-refractivity contribution in [2.45, 2.75) is 0 Å². The van der Waals surface area contributed by atoms with Crippen LogP contribution in [0.3, 0.4) is 0 Å². The molecule has 24 heavy (non-hydrogen) atoms. The highest BCUT2D eigenvalue weighted by atomic mass is 19.2. The fraction of sp³-hybridized carbons (Fsp3) is 0. The summed E-state index contributed by atoms with van der Waals surface area (Å²) < 4.78 is 108. The van der Waals surface area contributed by atoms with E-state index in [1.165, 1.54) is 0 Å². The van der Waals surface area contributed by atoms with Crippen molar-refractivity contribution in [3.05, 3.63) is 57.7 Å². The molecule has 0 aliphatic rings. The fourth-order valence-electron chi connectivity index (χ4n) is 1.82. The van der Waals surface area contributed by atoms with Crippen LogP contribution in [-0.2, 0) is 0 Å². The van der Waals surface area contributed by atoms with Crippen LogP contribution in [0.1, 0.15) is 15.9 Å². The van der Waals surface area contributed by atoms with Crippen LogP contribution in [0.4, 0.5) is 46.5 Å². The molecule has 0 amide bonds. The maximum Gasteiger partial charge on any atom is 0.205 e. The number of hydrogen-bond acceptors (Lipinski definition) is 3. The third-order valence-corrected chi connectivity index (χ3v) is 3.05. The topological polar surface area (TPSA) is 69.1 Å². The van der Waals surface area contributed by atoms with Crippen molar-refractivity contribution in [2.75, 3.05) is 11.5 Å². The predicted molar refractivity (Wildman–Crippen MR) is 64.8 cm³/mol. The summed E-state index contributed by atoms with van der Waals surface area (Å²) in [6, 6.07) is 0. The standard InChI is InChI=1S/C13H4F8N2O/c14-3-2(6(17)11(22)10(21)7(3)18)13(24)1-4(15)8(19)12(23)9(20)5(1)16/h22-23H2. The number of carbonyl (C=O) groups is 1. The van der Waals surface area contributed by atoms with Gasteiger partial charge >= 0.3 is 0 Å². The van der Waals surface area contributed by atoms with Crippen molar-refractivity contribution in [1.82, 2.24) is 0 Å². The lowest BCUT2D eigenvalue weighted by molar-refractivity contribution is 0.101. The van der Waals surface area contributed by atoms with Crippen LogP contribution in [-0.4, -0.2) is 5.78 Å². The molecule has 0 aliphatic heterocycles. The largest absolute Gasteiger partial charge is 0.394 e. The lowest BCUT2D eigenvalue weighted by Gasteiger charge is -2.11. The van der Waals surface area contributed by atoms with Crippen molar-refractivity contribution in [3.63, 3.8) is 0 Å². The Morgan fingerprint density at radius 3 is 1.25 bits per heavy atom. The second-order valence-electron chi connectivity index (χ2n) is 4.42. The Morgan fingerprint density at radius 1 is 0.500 bits per heavy atom. The normalized spacial score (nSPS) is 11.0.